The summed E-state index contributed by atoms with van der Waals surface area (Å²) in [6.07, 6.45) is -0.113. The summed E-state index contributed by atoms with van der Waals surface area (Å²) >= 11 is 0. The van der Waals surface area contributed by atoms with E-state index in [4.69, 9.17) is 9.47 Å². The van der Waals surface area contributed by atoms with Gasteiger partial charge >= 0.3 is 5.97 Å². The van der Waals surface area contributed by atoms with Crippen LogP contribution in [0.1, 0.15) is 24.2 Å². The first-order valence-electron chi connectivity index (χ1n) is 8.26. The Hall–Kier alpha value is -2.87. The van der Waals surface area contributed by atoms with Crippen LogP contribution < -0.4 is 10.1 Å². The summed E-state index contributed by atoms with van der Waals surface area (Å²) in [6.45, 7) is 3.81. The minimum Gasteiger partial charge on any atom is -0.494 e. The van der Waals surface area contributed by atoms with Crippen LogP contribution in [0.15, 0.2) is 53.4 Å². The molecule has 1 atom stereocenters. The van der Waals surface area contributed by atoms with E-state index in [1.54, 1.807) is 24.3 Å². The standard InChI is InChI=1S/C19H21NO6S/c1-4-25-15-11-9-14(10-12-15)20-18(21)13(2)26-19(22)16-7-5-6-8-17(16)27(3,23)24/h5-13H,4H2,1-3H3,(H,20,21). The zero-order valence-corrected chi connectivity index (χ0v) is 16.1. The zero-order chi connectivity index (χ0) is 20.0. The Morgan fingerprint density at radius 1 is 1.07 bits per heavy atom. The lowest BCUT2D eigenvalue weighted by Gasteiger charge is -2.15. The molecule has 0 saturated carbocycles. The third-order valence-corrected chi connectivity index (χ3v) is 4.75. The van der Waals surface area contributed by atoms with Crippen LogP contribution in [0.3, 0.4) is 0 Å². The molecule has 0 aromatic heterocycles. The number of rotatable bonds is 7. The molecule has 0 bridgehead atoms. The van der Waals surface area contributed by atoms with Gasteiger partial charge in [0, 0.05) is 11.9 Å². The van der Waals surface area contributed by atoms with Crippen molar-refractivity contribution in [3.8, 4) is 5.75 Å². The molecular weight excluding hydrogens is 370 g/mol. The minimum atomic E-state index is -3.61. The van der Waals surface area contributed by atoms with Gasteiger partial charge in [-0.3, -0.25) is 4.79 Å². The van der Waals surface area contributed by atoms with Gasteiger partial charge < -0.3 is 14.8 Å². The predicted molar refractivity (Wildman–Crippen MR) is 101 cm³/mol. The van der Waals surface area contributed by atoms with Gasteiger partial charge in [0.2, 0.25) is 0 Å². The monoisotopic (exact) mass is 391 g/mol. The van der Waals surface area contributed by atoms with Gasteiger partial charge in [-0.25, -0.2) is 13.2 Å². The Balaban J connectivity index is 2.05. The molecule has 7 nitrogen and oxygen atoms in total. The number of esters is 1. The maximum Gasteiger partial charge on any atom is 0.340 e. The van der Waals surface area contributed by atoms with Gasteiger partial charge in [-0.1, -0.05) is 12.1 Å². The fraction of sp³-hybridized carbons (Fsp3) is 0.263. The van der Waals surface area contributed by atoms with Crippen LogP contribution in [0.4, 0.5) is 5.69 Å². The minimum absolute atomic E-state index is 0.110. The second-order valence-electron chi connectivity index (χ2n) is 5.76. The van der Waals surface area contributed by atoms with Crippen molar-refractivity contribution in [3.05, 3.63) is 54.1 Å². The number of nitrogens with one attached hydrogen (secondary N) is 1. The molecule has 8 heteroatoms. The lowest BCUT2D eigenvalue weighted by Crippen LogP contribution is -2.30. The van der Waals surface area contributed by atoms with E-state index in [0.717, 1.165) is 6.26 Å². The third kappa shape index (κ3) is 5.55. The number of benzene rings is 2. The van der Waals surface area contributed by atoms with Crippen molar-refractivity contribution in [2.45, 2.75) is 24.8 Å². The van der Waals surface area contributed by atoms with E-state index in [2.05, 4.69) is 5.32 Å². The van der Waals surface area contributed by atoms with Gasteiger partial charge in [-0.2, -0.15) is 0 Å². The highest BCUT2D eigenvalue weighted by atomic mass is 32.2. The molecule has 0 aliphatic carbocycles. The number of carbonyl (C=O) groups excluding carboxylic acids is 2. The van der Waals surface area contributed by atoms with Crippen LogP contribution in [0.2, 0.25) is 0 Å². The number of ether oxygens (including phenoxy) is 2. The zero-order valence-electron chi connectivity index (χ0n) is 15.3. The van der Waals surface area contributed by atoms with Crippen molar-refractivity contribution in [2.24, 2.45) is 0 Å². The van der Waals surface area contributed by atoms with Crippen molar-refractivity contribution in [1.82, 2.24) is 0 Å². The number of amides is 1. The molecule has 0 radical (unpaired) electrons. The van der Waals surface area contributed by atoms with Crippen molar-refractivity contribution >= 4 is 27.4 Å². The normalized spacial score (nSPS) is 12.1. The molecule has 1 N–H and O–H groups in total. The summed E-state index contributed by atoms with van der Waals surface area (Å²) in [7, 11) is -3.61. The first-order valence-corrected chi connectivity index (χ1v) is 10.1. The largest absolute Gasteiger partial charge is 0.494 e. The average molecular weight is 391 g/mol. The molecule has 2 rings (SSSR count). The fourth-order valence-electron chi connectivity index (χ4n) is 2.28. The highest BCUT2D eigenvalue weighted by molar-refractivity contribution is 7.90. The van der Waals surface area contributed by atoms with E-state index < -0.39 is 27.8 Å². The molecule has 0 fully saturated rings. The second-order valence-corrected chi connectivity index (χ2v) is 7.75. The van der Waals surface area contributed by atoms with Crippen LogP contribution in [-0.4, -0.2) is 39.3 Å². The smallest absolute Gasteiger partial charge is 0.340 e. The van der Waals surface area contributed by atoms with Gasteiger partial charge in [0.1, 0.15) is 5.75 Å². The molecule has 2 aromatic carbocycles. The first-order chi connectivity index (χ1) is 12.7. The van der Waals surface area contributed by atoms with Crippen LogP contribution in [0.25, 0.3) is 0 Å². The van der Waals surface area contributed by atoms with E-state index in [-0.39, 0.29) is 10.5 Å². The second kappa shape index (κ2) is 8.68. The van der Waals surface area contributed by atoms with Crippen molar-refractivity contribution in [1.29, 1.82) is 0 Å². The molecule has 1 unspecified atom stereocenters. The van der Waals surface area contributed by atoms with Crippen LogP contribution in [0.5, 0.6) is 5.75 Å². The molecule has 0 aliphatic heterocycles. The van der Waals surface area contributed by atoms with E-state index in [9.17, 15) is 18.0 Å². The van der Waals surface area contributed by atoms with E-state index in [0.29, 0.717) is 18.0 Å². The van der Waals surface area contributed by atoms with Crippen LogP contribution >= 0.6 is 0 Å². The Morgan fingerprint density at radius 2 is 1.70 bits per heavy atom. The predicted octanol–water partition coefficient (Wildman–Crippen LogP) is 2.67. The van der Waals surface area contributed by atoms with Gasteiger partial charge in [-0.05, 0) is 50.2 Å². The van der Waals surface area contributed by atoms with Gasteiger partial charge in [-0.15, -0.1) is 0 Å². The van der Waals surface area contributed by atoms with Crippen LogP contribution in [-0.2, 0) is 19.4 Å². The van der Waals surface area contributed by atoms with Gasteiger partial charge in [0.15, 0.2) is 15.9 Å². The summed E-state index contributed by atoms with van der Waals surface area (Å²) in [4.78, 5) is 24.4. The molecule has 144 valence electrons. The quantitative estimate of drug-likeness (QED) is 0.729. The molecule has 27 heavy (non-hydrogen) atoms. The van der Waals surface area contributed by atoms with Crippen molar-refractivity contribution < 1.29 is 27.5 Å². The van der Waals surface area contributed by atoms with Crippen molar-refractivity contribution in [2.75, 3.05) is 18.2 Å². The Morgan fingerprint density at radius 3 is 2.30 bits per heavy atom. The first kappa shape index (κ1) is 20.4. The summed E-state index contributed by atoms with van der Waals surface area (Å²) in [5.74, 6) is -0.748. The summed E-state index contributed by atoms with van der Waals surface area (Å²) in [5, 5.41) is 2.62. The number of anilines is 1. The Bertz CT molecular complexity index is 921. The van der Waals surface area contributed by atoms with Crippen LogP contribution in [0, 0.1) is 0 Å². The topological polar surface area (TPSA) is 98.8 Å². The molecule has 0 spiro atoms. The fourth-order valence-corrected chi connectivity index (χ4v) is 3.16. The summed E-state index contributed by atoms with van der Waals surface area (Å²) in [6, 6.07) is 12.4. The third-order valence-electron chi connectivity index (χ3n) is 3.59. The number of carbonyl (C=O) groups is 2. The number of sulfone groups is 1. The highest BCUT2D eigenvalue weighted by Crippen LogP contribution is 2.18. The maximum absolute atomic E-state index is 12.3. The lowest BCUT2D eigenvalue weighted by atomic mass is 10.2. The summed E-state index contributed by atoms with van der Waals surface area (Å²) in [5.41, 5.74) is 0.406. The van der Waals surface area contributed by atoms with E-state index >= 15 is 0 Å². The molecule has 0 aliphatic rings. The van der Waals surface area contributed by atoms with E-state index in [1.807, 2.05) is 6.92 Å². The molecule has 0 heterocycles. The lowest BCUT2D eigenvalue weighted by molar-refractivity contribution is -0.123. The Kier molecular flexibility index (Phi) is 6.57. The average Bonchev–Trinajstić information content (AvgIpc) is 2.62. The molecular formula is C19H21NO6S. The highest BCUT2D eigenvalue weighted by Gasteiger charge is 2.23. The van der Waals surface area contributed by atoms with Gasteiger partial charge in [0.05, 0.1) is 17.1 Å². The molecule has 2 aromatic rings. The van der Waals surface area contributed by atoms with Crippen molar-refractivity contribution in [3.63, 3.8) is 0 Å². The Labute approximate surface area is 158 Å². The van der Waals surface area contributed by atoms with E-state index in [1.165, 1.54) is 31.2 Å². The number of hydrogen-bond donors (Lipinski definition) is 1. The maximum atomic E-state index is 12.3. The molecule has 1 amide bonds. The van der Waals surface area contributed by atoms with Gasteiger partial charge in [0.25, 0.3) is 5.91 Å². The summed E-state index contributed by atoms with van der Waals surface area (Å²) < 4.78 is 34.0. The molecule has 0 saturated heterocycles. The number of hydrogen-bond acceptors (Lipinski definition) is 6. The SMILES string of the molecule is CCOc1ccc(NC(=O)C(C)OC(=O)c2ccccc2S(C)(=O)=O)cc1.